The Morgan fingerprint density at radius 1 is 1.31 bits per heavy atom. The van der Waals surface area contributed by atoms with E-state index in [2.05, 4.69) is 11.9 Å². The summed E-state index contributed by atoms with van der Waals surface area (Å²) < 4.78 is 10.8. The van der Waals surface area contributed by atoms with E-state index >= 15 is 0 Å². The summed E-state index contributed by atoms with van der Waals surface area (Å²) in [6, 6.07) is 3.72. The quantitative estimate of drug-likeness (QED) is 0.520. The fraction of sp³-hybridized carbons (Fsp3) is 0.583. The topological polar surface area (TPSA) is 31.4 Å². The largest absolute Gasteiger partial charge is 0.475 e. The van der Waals surface area contributed by atoms with Crippen molar-refractivity contribution in [3.63, 3.8) is 0 Å². The smallest absolute Gasteiger partial charge is 0.213 e. The lowest BCUT2D eigenvalue weighted by atomic mass is 10.3. The molecule has 16 heavy (non-hydrogen) atoms. The fourth-order valence-corrected chi connectivity index (χ4v) is 1.33. The summed E-state index contributed by atoms with van der Waals surface area (Å²) in [5.41, 5.74) is 1.01. The molecular weight excluding hydrogens is 226 g/mol. The van der Waals surface area contributed by atoms with E-state index in [4.69, 9.17) is 21.1 Å². The van der Waals surface area contributed by atoms with Crippen LogP contribution in [-0.2, 0) is 10.6 Å². The lowest BCUT2D eigenvalue weighted by Gasteiger charge is -2.06. The number of rotatable bonds is 8. The van der Waals surface area contributed by atoms with Crippen LogP contribution in [0.25, 0.3) is 0 Å². The van der Waals surface area contributed by atoms with Crippen molar-refractivity contribution in [3.05, 3.63) is 23.9 Å². The van der Waals surface area contributed by atoms with Crippen LogP contribution in [0, 0.1) is 0 Å². The second kappa shape index (κ2) is 8.36. The molecule has 4 heteroatoms. The highest BCUT2D eigenvalue weighted by atomic mass is 35.5. The van der Waals surface area contributed by atoms with Gasteiger partial charge in [-0.3, -0.25) is 0 Å². The van der Waals surface area contributed by atoms with Crippen molar-refractivity contribution in [2.75, 3.05) is 19.8 Å². The first-order chi connectivity index (χ1) is 7.86. The van der Waals surface area contributed by atoms with Crippen LogP contribution in [0.3, 0.4) is 0 Å². The lowest BCUT2D eigenvalue weighted by molar-refractivity contribution is 0.0965. The van der Waals surface area contributed by atoms with Crippen LogP contribution in [0.15, 0.2) is 18.3 Å². The molecule has 0 unspecified atom stereocenters. The van der Waals surface area contributed by atoms with Gasteiger partial charge in [-0.1, -0.05) is 13.3 Å². The highest BCUT2D eigenvalue weighted by molar-refractivity contribution is 6.17. The summed E-state index contributed by atoms with van der Waals surface area (Å²) in [4.78, 5) is 4.08. The van der Waals surface area contributed by atoms with Gasteiger partial charge in [-0.15, -0.1) is 11.6 Å². The average Bonchev–Trinajstić information content (AvgIpc) is 2.34. The predicted octanol–water partition coefficient (Wildman–Crippen LogP) is 3.02. The molecule has 1 aromatic rings. The molecule has 1 aromatic heterocycles. The Morgan fingerprint density at radius 3 is 2.94 bits per heavy atom. The molecule has 0 bridgehead atoms. The molecule has 0 aliphatic heterocycles. The van der Waals surface area contributed by atoms with Crippen molar-refractivity contribution < 1.29 is 9.47 Å². The maximum absolute atomic E-state index is 5.71. The first-order valence-corrected chi connectivity index (χ1v) is 6.11. The molecule has 90 valence electrons. The summed E-state index contributed by atoms with van der Waals surface area (Å²) in [5, 5.41) is 0. The molecule has 1 rings (SSSR count). The number of alkyl halides is 1. The number of hydrogen-bond donors (Lipinski definition) is 0. The molecule has 0 radical (unpaired) electrons. The molecule has 0 aliphatic rings. The first-order valence-electron chi connectivity index (χ1n) is 5.58. The minimum atomic E-state index is 0.478. The number of pyridine rings is 1. The van der Waals surface area contributed by atoms with Gasteiger partial charge in [-0.2, -0.15) is 0 Å². The Bertz CT molecular complexity index is 294. The molecule has 0 saturated heterocycles. The van der Waals surface area contributed by atoms with Gasteiger partial charge in [-0.25, -0.2) is 4.98 Å². The van der Waals surface area contributed by atoms with Gasteiger partial charge in [0.05, 0.1) is 6.61 Å². The zero-order chi connectivity index (χ0) is 11.6. The molecular formula is C12H18ClNO2. The maximum Gasteiger partial charge on any atom is 0.213 e. The van der Waals surface area contributed by atoms with Crippen LogP contribution in [0.4, 0.5) is 0 Å². The van der Waals surface area contributed by atoms with E-state index in [1.54, 1.807) is 6.20 Å². The van der Waals surface area contributed by atoms with Gasteiger partial charge in [0, 0.05) is 24.8 Å². The van der Waals surface area contributed by atoms with Crippen molar-refractivity contribution in [2.24, 2.45) is 0 Å². The SMILES string of the molecule is CCCCOCCOc1cc(CCl)ccn1. The van der Waals surface area contributed by atoms with Gasteiger partial charge in [0.15, 0.2) is 0 Å². The number of unbranched alkanes of at least 4 members (excludes halogenated alkanes) is 1. The molecule has 0 aliphatic carbocycles. The lowest BCUT2D eigenvalue weighted by Crippen LogP contribution is -2.08. The van der Waals surface area contributed by atoms with Gasteiger partial charge in [0.1, 0.15) is 6.61 Å². The van der Waals surface area contributed by atoms with Gasteiger partial charge in [0.2, 0.25) is 5.88 Å². The van der Waals surface area contributed by atoms with Crippen molar-refractivity contribution in [3.8, 4) is 5.88 Å². The van der Waals surface area contributed by atoms with Crippen LogP contribution in [-0.4, -0.2) is 24.8 Å². The van der Waals surface area contributed by atoms with Gasteiger partial charge < -0.3 is 9.47 Å². The van der Waals surface area contributed by atoms with E-state index < -0.39 is 0 Å². The van der Waals surface area contributed by atoms with Crippen molar-refractivity contribution >= 4 is 11.6 Å². The highest BCUT2D eigenvalue weighted by Gasteiger charge is 1.97. The third-order valence-electron chi connectivity index (χ3n) is 2.07. The van der Waals surface area contributed by atoms with Crippen LogP contribution < -0.4 is 4.74 Å². The Balaban J connectivity index is 2.16. The van der Waals surface area contributed by atoms with Gasteiger partial charge >= 0.3 is 0 Å². The number of nitrogens with zero attached hydrogens (tertiary/aromatic N) is 1. The summed E-state index contributed by atoms with van der Waals surface area (Å²) in [6.45, 7) is 4.08. The maximum atomic E-state index is 5.71. The summed E-state index contributed by atoms with van der Waals surface area (Å²) in [6.07, 6.45) is 3.95. The first kappa shape index (κ1) is 13.3. The third kappa shape index (κ3) is 5.33. The zero-order valence-electron chi connectivity index (χ0n) is 9.62. The molecule has 0 spiro atoms. The molecule has 0 atom stereocenters. The van der Waals surface area contributed by atoms with Crippen molar-refractivity contribution in [2.45, 2.75) is 25.6 Å². The summed E-state index contributed by atoms with van der Waals surface area (Å²) >= 11 is 5.71. The Kier molecular flexibility index (Phi) is 6.93. The highest BCUT2D eigenvalue weighted by Crippen LogP contribution is 2.10. The van der Waals surface area contributed by atoms with E-state index in [0.717, 1.165) is 25.0 Å². The van der Waals surface area contributed by atoms with Crippen LogP contribution >= 0.6 is 11.6 Å². The van der Waals surface area contributed by atoms with Gasteiger partial charge in [-0.05, 0) is 18.1 Å². The third-order valence-corrected chi connectivity index (χ3v) is 2.38. The molecule has 0 N–H and O–H groups in total. The number of halogens is 1. The molecule has 0 fully saturated rings. The van der Waals surface area contributed by atoms with E-state index in [-0.39, 0.29) is 0 Å². The molecule has 0 aromatic carbocycles. The predicted molar refractivity (Wildman–Crippen MR) is 65.0 cm³/mol. The second-order valence-electron chi connectivity index (χ2n) is 3.45. The summed E-state index contributed by atoms with van der Waals surface area (Å²) in [5.74, 6) is 1.09. The number of ether oxygens (including phenoxy) is 2. The minimum Gasteiger partial charge on any atom is -0.475 e. The van der Waals surface area contributed by atoms with E-state index in [1.165, 1.54) is 0 Å². The normalized spacial score (nSPS) is 10.4. The minimum absolute atomic E-state index is 0.478. The molecule has 3 nitrogen and oxygen atoms in total. The van der Waals surface area contributed by atoms with Crippen molar-refractivity contribution in [1.82, 2.24) is 4.98 Å². The fourth-order valence-electron chi connectivity index (χ4n) is 1.17. The van der Waals surface area contributed by atoms with E-state index in [1.807, 2.05) is 12.1 Å². The number of aromatic nitrogens is 1. The van der Waals surface area contributed by atoms with E-state index in [0.29, 0.717) is 25.0 Å². The molecule has 0 amide bonds. The van der Waals surface area contributed by atoms with Gasteiger partial charge in [0.25, 0.3) is 0 Å². The van der Waals surface area contributed by atoms with Crippen LogP contribution in [0.5, 0.6) is 5.88 Å². The average molecular weight is 244 g/mol. The standard InChI is InChI=1S/C12H18ClNO2/c1-2-3-6-15-7-8-16-12-9-11(10-13)4-5-14-12/h4-5,9H,2-3,6-8,10H2,1H3. The number of hydrogen-bond acceptors (Lipinski definition) is 3. The molecule has 0 saturated carbocycles. The monoisotopic (exact) mass is 243 g/mol. The van der Waals surface area contributed by atoms with Crippen LogP contribution in [0.2, 0.25) is 0 Å². The Labute approximate surface area is 102 Å². The second-order valence-corrected chi connectivity index (χ2v) is 3.72. The van der Waals surface area contributed by atoms with Crippen molar-refractivity contribution in [1.29, 1.82) is 0 Å². The van der Waals surface area contributed by atoms with E-state index in [9.17, 15) is 0 Å². The Hall–Kier alpha value is -0.800. The summed E-state index contributed by atoms with van der Waals surface area (Å²) in [7, 11) is 0. The zero-order valence-corrected chi connectivity index (χ0v) is 10.4. The van der Waals surface area contributed by atoms with Crippen LogP contribution in [0.1, 0.15) is 25.3 Å². The molecule has 1 heterocycles. The Morgan fingerprint density at radius 2 is 2.19 bits per heavy atom.